The highest BCUT2D eigenvalue weighted by molar-refractivity contribution is 4.95. The van der Waals surface area contributed by atoms with Gasteiger partial charge in [-0.05, 0) is 55.8 Å². The first-order chi connectivity index (χ1) is 10.1. The van der Waals surface area contributed by atoms with Crippen LogP contribution < -0.4 is 5.32 Å². The summed E-state index contributed by atoms with van der Waals surface area (Å²) in [6.45, 7) is 11.1. The molecule has 0 heterocycles. The summed E-state index contributed by atoms with van der Waals surface area (Å²) in [6, 6.07) is 1.57. The summed E-state index contributed by atoms with van der Waals surface area (Å²) >= 11 is 0. The summed E-state index contributed by atoms with van der Waals surface area (Å²) in [4.78, 5) is 2.90. The van der Waals surface area contributed by atoms with Crippen LogP contribution in [-0.4, -0.2) is 36.6 Å². The minimum atomic E-state index is 0.564. The second-order valence-electron chi connectivity index (χ2n) is 8.82. The lowest BCUT2D eigenvalue weighted by molar-refractivity contribution is 0.0776. The second-order valence-corrected chi connectivity index (χ2v) is 8.82. The summed E-state index contributed by atoms with van der Waals surface area (Å²) in [6.07, 6.45) is 11.7. The molecule has 0 bridgehead atoms. The fourth-order valence-electron chi connectivity index (χ4n) is 4.03. The van der Waals surface area contributed by atoms with Gasteiger partial charge in [0.2, 0.25) is 0 Å². The lowest BCUT2D eigenvalue weighted by Gasteiger charge is -2.43. The van der Waals surface area contributed by atoms with Crippen LogP contribution in [0, 0.1) is 17.3 Å². The van der Waals surface area contributed by atoms with Gasteiger partial charge in [-0.1, -0.05) is 33.6 Å². The molecule has 3 saturated carbocycles. The van der Waals surface area contributed by atoms with Crippen molar-refractivity contribution < 1.29 is 0 Å². The summed E-state index contributed by atoms with van der Waals surface area (Å²) in [5.41, 5.74) is 0.564. The normalized spacial score (nSPS) is 33.9. The Hall–Kier alpha value is -0.0800. The van der Waals surface area contributed by atoms with Gasteiger partial charge < -0.3 is 5.32 Å². The molecule has 0 amide bonds. The molecule has 0 radical (unpaired) electrons. The molecule has 21 heavy (non-hydrogen) atoms. The van der Waals surface area contributed by atoms with E-state index >= 15 is 0 Å². The first-order valence-corrected chi connectivity index (χ1v) is 9.54. The third-order valence-electron chi connectivity index (χ3n) is 6.01. The van der Waals surface area contributed by atoms with E-state index in [-0.39, 0.29) is 0 Å². The molecule has 0 spiro atoms. The van der Waals surface area contributed by atoms with Crippen molar-refractivity contribution in [2.24, 2.45) is 17.3 Å². The maximum Gasteiger partial charge on any atom is 0.00967 e. The molecule has 2 nitrogen and oxygen atoms in total. The molecule has 1 N–H and O–H groups in total. The molecule has 3 rings (SSSR count). The van der Waals surface area contributed by atoms with Crippen LogP contribution in [0.15, 0.2) is 0 Å². The first-order valence-electron chi connectivity index (χ1n) is 9.54. The van der Waals surface area contributed by atoms with E-state index in [4.69, 9.17) is 0 Å². The number of rotatable bonds is 8. The third kappa shape index (κ3) is 4.69. The lowest BCUT2D eigenvalue weighted by Crippen LogP contribution is -2.48. The quantitative estimate of drug-likeness (QED) is 0.726. The average Bonchev–Trinajstić information content (AvgIpc) is 3.32. The van der Waals surface area contributed by atoms with E-state index in [1.54, 1.807) is 0 Å². The Morgan fingerprint density at radius 2 is 1.71 bits per heavy atom. The molecule has 3 aliphatic carbocycles. The van der Waals surface area contributed by atoms with Crippen molar-refractivity contribution in [2.45, 2.75) is 84.2 Å². The largest absolute Gasteiger partial charge is 0.314 e. The van der Waals surface area contributed by atoms with Crippen LogP contribution >= 0.6 is 0 Å². The van der Waals surface area contributed by atoms with Gasteiger partial charge in [0.05, 0.1) is 0 Å². The molecule has 122 valence electrons. The fourth-order valence-corrected chi connectivity index (χ4v) is 4.03. The zero-order chi connectivity index (χ0) is 14.9. The van der Waals surface area contributed by atoms with Crippen molar-refractivity contribution in [3.63, 3.8) is 0 Å². The molecule has 2 heteroatoms. The van der Waals surface area contributed by atoms with Crippen LogP contribution in [0.3, 0.4) is 0 Å². The monoisotopic (exact) mass is 292 g/mol. The number of nitrogens with one attached hydrogen (secondary N) is 1. The molecule has 3 fully saturated rings. The SMILES string of the molecule is CC1CCC(CNC(C)C)(CN(CC2CC2)C2CC2)CC1. The summed E-state index contributed by atoms with van der Waals surface area (Å²) in [5, 5.41) is 3.78. The van der Waals surface area contributed by atoms with E-state index in [1.165, 1.54) is 71.0 Å². The zero-order valence-electron chi connectivity index (χ0n) is 14.5. The van der Waals surface area contributed by atoms with Crippen LogP contribution in [0.5, 0.6) is 0 Å². The van der Waals surface area contributed by atoms with E-state index in [1.807, 2.05) is 0 Å². The minimum Gasteiger partial charge on any atom is -0.314 e. The maximum atomic E-state index is 3.78. The van der Waals surface area contributed by atoms with Crippen LogP contribution in [0.2, 0.25) is 0 Å². The highest BCUT2D eigenvalue weighted by atomic mass is 15.2. The van der Waals surface area contributed by atoms with Gasteiger partial charge in [0.15, 0.2) is 0 Å². The summed E-state index contributed by atoms with van der Waals surface area (Å²) in [5.74, 6) is 2.00. The van der Waals surface area contributed by atoms with Crippen molar-refractivity contribution in [2.75, 3.05) is 19.6 Å². The van der Waals surface area contributed by atoms with Gasteiger partial charge in [0.1, 0.15) is 0 Å². The molecular weight excluding hydrogens is 256 g/mol. The van der Waals surface area contributed by atoms with Gasteiger partial charge >= 0.3 is 0 Å². The molecule has 0 aromatic carbocycles. The van der Waals surface area contributed by atoms with Crippen LogP contribution in [0.25, 0.3) is 0 Å². The molecule has 0 aromatic rings. The Morgan fingerprint density at radius 1 is 1.05 bits per heavy atom. The van der Waals surface area contributed by atoms with E-state index in [0.717, 1.165) is 17.9 Å². The van der Waals surface area contributed by atoms with E-state index in [0.29, 0.717) is 11.5 Å². The first kappa shape index (κ1) is 15.8. The highest BCUT2D eigenvalue weighted by Crippen LogP contribution is 2.42. The van der Waals surface area contributed by atoms with Crippen molar-refractivity contribution in [3.05, 3.63) is 0 Å². The van der Waals surface area contributed by atoms with Crippen molar-refractivity contribution in [1.82, 2.24) is 10.2 Å². The highest BCUT2D eigenvalue weighted by Gasteiger charge is 2.41. The lowest BCUT2D eigenvalue weighted by atomic mass is 9.70. The standard InChI is InChI=1S/C19H36N2/c1-15(2)20-13-19(10-8-16(3)9-11-19)14-21(18-6-7-18)12-17-4-5-17/h15-18,20H,4-14H2,1-3H3. The minimum absolute atomic E-state index is 0.564. The van der Waals surface area contributed by atoms with Gasteiger partial charge in [-0.25, -0.2) is 0 Å². The van der Waals surface area contributed by atoms with Crippen molar-refractivity contribution >= 4 is 0 Å². The van der Waals surface area contributed by atoms with Gasteiger partial charge in [-0.2, -0.15) is 0 Å². The van der Waals surface area contributed by atoms with E-state index in [2.05, 4.69) is 31.0 Å². The van der Waals surface area contributed by atoms with Gasteiger partial charge in [0, 0.05) is 31.7 Å². The number of hydrogen-bond donors (Lipinski definition) is 1. The third-order valence-corrected chi connectivity index (χ3v) is 6.01. The Labute approximate surface area is 132 Å². The second kappa shape index (κ2) is 6.58. The Balaban J connectivity index is 1.61. The molecule has 0 saturated heterocycles. The Bertz CT molecular complexity index is 322. The zero-order valence-corrected chi connectivity index (χ0v) is 14.5. The number of hydrogen-bond acceptors (Lipinski definition) is 2. The molecular formula is C19H36N2. The van der Waals surface area contributed by atoms with E-state index < -0.39 is 0 Å². The average molecular weight is 293 g/mol. The molecule has 0 aromatic heterocycles. The van der Waals surface area contributed by atoms with Crippen LogP contribution in [0.1, 0.15) is 72.1 Å². The summed E-state index contributed by atoms with van der Waals surface area (Å²) in [7, 11) is 0. The molecule has 0 aliphatic heterocycles. The smallest absolute Gasteiger partial charge is 0.00967 e. The topological polar surface area (TPSA) is 15.3 Å². The van der Waals surface area contributed by atoms with Crippen LogP contribution in [0.4, 0.5) is 0 Å². The Kier molecular flexibility index (Phi) is 4.95. The molecule has 3 aliphatic rings. The van der Waals surface area contributed by atoms with Crippen LogP contribution in [-0.2, 0) is 0 Å². The predicted octanol–water partition coefficient (Wildman–Crippen LogP) is 4.06. The van der Waals surface area contributed by atoms with Gasteiger partial charge in [-0.15, -0.1) is 0 Å². The molecule has 0 unspecified atom stereocenters. The molecule has 0 atom stereocenters. The predicted molar refractivity (Wildman–Crippen MR) is 90.5 cm³/mol. The van der Waals surface area contributed by atoms with Gasteiger partial charge in [0.25, 0.3) is 0 Å². The summed E-state index contributed by atoms with van der Waals surface area (Å²) < 4.78 is 0. The van der Waals surface area contributed by atoms with Crippen molar-refractivity contribution in [3.8, 4) is 0 Å². The maximum absolute atomic E-state index is 3.78. The Morgan fingerprint density at radius 3 is 2.24 bits per heavy atom. The van der Waals surface area contributed by atoms with E-state index in [9.17, 15) is 0 Å². The fraction of sp³-hybridized carbons (Fsp3) is 1.00. The number of nitrogens with zero attached hydrogens (tertiary/aromatic N) is 1. The van der Waals surface area contributed by atoms with Gasteiger partial charge in [-0.3, -0.25) is 4.90 Å². The van der Waals surface area contributed by atoms with Crippen molar-refractivity contribution in [1.29, 1.82) is 0 Å².